The number of rotatable bonds is 5. The van der Waals surface area contributed by atoms with E-state index in [0.717, 1.165) is 31.2 Å². The van der Waals surface area contributed by atoms with Gasteiger partial charge >= 0.3 is 0 Å². The lowest BCUT2D eigenvalue weighted by molar-refractivity contribution is 0.0944. The maximum absolute atomic E-state index is 12.7. The van der Waals surface area contributed by atoms with Crippen molar-refractivity contribution < 1.29 is 4.79 Å². The Morgan fingerprint density at radius 3 is 2.62 bits per heavy atom. The Labute approximate surface area is 163 Å². The zero-order valence-corrected chi connectivity index (χ0v) is 16.6. The van der Waals surface area contributed by atoms with Crippen LogP contribution in [-0.2, 0) is 5.41 Å². The summed E-state index contributed by atoms with van der Waals surface area (Å²) in [5.74, 6) is 0.188. The smallest absolute Gasteiger partial charge is 0.256 e. The van der Waals surface area contributed by atoms with Gasteiger partial charge in [-0.3, -0.25) is 4.79 Å². The number of nitrogens with zero attached hydrogens (tertiary/aromatic N) is 2. The maximum Gasteiger partial charge on any atom is 0.256 e. The molecule has 0 unspecified atom stereocenters. The second kappa shape index (κ2) is 7.49. The fourth-order valence-electron chi connectivity index (χ4n) is 3.82. The number of hydrogen-bond acceptors (Lipinski definition) is 3. The molecule has 1 amide bonds. The van der Waals surface area contributed by atoms with Crippen molar-refractivity contribution in [3.63, 3.8) is 0 Å². The third kappa shape index (κ3) is 3.55. The van der Waals surface area contributed by atoms with Gasteiger partial charge in [-0.25, -0.2) is 4.68 Å². The molecule has 0 radical (unpaired) electrons. The summed E-state index contributed by atoms with van der Waals surface area (Å²) in [6.45, 7) is 4.46. The van der Waals surface area contributed by atoms with Crippen molar-refractivity contribution >= 4 is 34.9 Å². The van der Waals surface area contributed by atoms with Crippen molar-refractivity contribution in [2.75, 3.05) is 12.3 Å². The molecule has 140 valence electrons. The summed E-state index contributed by atoms with van der Waals surface area (Å²) >= 11 is 12.5. The van der Waals surface area contributed by atoms with Gasteiger partial charge in [-0.05, 0) is 44.4 Å². The Hall–Kier alpha value is -1.72. The molecule has 0 aliphatic heterocycles. The molecule has 1 saturated carbocycles. The highest BCUT2D eigenvalue weighted by Gasteiger charge is 2.37. The number of anilines is 1. The maximum atomic E-state index is 12.7. The van der Waals surface area contributed by atoms with Crippen molar-refractivity contribution in [1.82, 2.24) is 15.1 Å². The highest BCUT2D eigenvalue weighted by Crippen LogP contribution is 2.44. The van der Waals surface area contributed by atoms with Gasteiger partial charge < -0.3 is 11.1 Å². The minimum atomic E-state index is -0.203. The molecule has 0 bridgehead atoms. The zero-order chi connectivity index (χ0) is 18.9. The van der Waals surface area contributed by atoms with Crippen LogP contribution in [-0.4, -0.2) is 22.2 Å². The number of aromatic nitrogens is 2. The monoisotopic (exact) mass is 394 g/mol. The van der Waals surface area contributed by atoms with Crippen molar-refractivity contribution in [2.24, 2.45) is 0 Å². The van der Waals surface area contributed by atoms with Crippen molar-refractivity contribution in [3.05, 3.63) is 45.6 Å². The third-order valence-electron chi connectivity index (χ3n) is 5.22. The second-order valence-corrected chi connectivity index (χ2v) is 8.12. The molecular weight excluding hydrogens is 371 g/mol. The van der Waals surface area contributed by atoms with Crippen molar-refractivity contribution in [3.8, 4) is 0 Å². The van der Waals surface area contributed by atoms with E-state index in [9.17, 15) is 4.79 Å². The SMILES string of the molecule is CC(C)n1ncc(C(=O)NCC2(c3ccc(Cl)cc3Cl)CCCC2)c1N. The first-order valence-electron chi connectivity index (χ1n) is 8.91. The van der Waals surface area contributed by atoms with Crippen molar-refractivity contribution in [1.29, 1.82) is 0 Å². The number of benzene rings is 1. The Balaban J connectivity index is 1.80. The van der Waals surface area contributed by atoms with E-state index in [1.165, 1.54) is 6.20 Å². The lowest BCUT2D eigenvalue weighted by Crippen LogP contribution is -2.39. The van der Waals surface area contributed by atoms with Crippen LogP contribution in [0.1, 0.15) is 61.5 Å². The van der Waals surface area contributed by atoms with Gasteiger partial charge in [0, 0.05) is 28.0 Å². The lowest BCUT2D eigenvalue weighted by Gasteiger charge is -2.31. The van der Waals surface area contributed by atoms with Gasteiger partial charge in [-0.1, -0.05) is 42.1 Å². The Morgan fingerprint density at radius 2 is 2.04 bits per heavy atom. The largest absolute Gasteiger partial charge is 0.383 e. The quantitative estimate of drug-likeness (QED) is 0.778. The first-order chi connectivity index (χ1) is 12.3. The highest BCUT2D eigenvalue weighted by molar-refractivity contribution is 6.35. The number of carbonyl (C=O) groups is 1. The molecule has 1 fully saturated rings. The minimum absolute atomic E-state index is 0.102. The predicted molar refractivity (Wildman–Crippen MR) is 106 cm³/mol. The summed E-state index contributed by atoms with van der Waals surface area (Å²) in [5, 5.41) is 8.53. The molecule has 3 rings (SSSR count). The van der Waals surface area contributed by atoms with Crippen LogP contribution in [0.25, 0.3) is 0 Å². The van der Waals surface area contributed by atoms with Crippen LogP contribution < -0.4 is 11.1 Å². The van der Waals surface area contributed by atoms with Gasteiger partial charge in [0.25, 0.3) is 5.91 Å². The van der Waals surface area contributed by atoms with E-state index >= 15 is 0 Å². The fourth-order valence-corrected chi connectivity index (χ4v) is 4.42. The van der Waals surface area contributed by atoms with Gasteiger partial charge in [-0.2, -0.15) is 5.10 Å². The van der Waals surface area contributed by atoms with Gasteiger partial charge in [-0.15, -0.1) is 0 Å². The summed E-state index contributed by atoms with van der Waals surface area (Å²) in [4.78, 5) is 12.7. The molecule has 1 aliphatic rings. The minimum Gasteiger partial charge on any atom is -0.383 e. The molecule has 1 aliphatic carbocycles. The van der Waals surface area contributed by atoms with E-state index in [1.807, 2.05) is 26.0 Å². The van der Waals surface area contributed by atoms with E-state index in [4.69, 9.17) is 28.9 Å². The Kier molecular flexibility index (Phi) is 5.49. The number of carbonyl (C=O) groups excluding carboxylic acids is 1. The van der Waals surface area contributed by atoms with Crippen LogP contribution in [0.15, 0.2) is 24.4 Å². The molecule has 3 N–H and O–H groups in total. The first-order valence-corrected chi connectivity index (χ1v) is 9.66. The molecule has 5 nitrogen and oxygen atoms in total. The fraction of sp³-hybridized carbons (Fsp3) is 0.474. The standard InChI is InChI=1S/C19H24Cl2N4O/c1-12(2)25-17(22)14(10-24-25)18(26)23-11-19(7-3-4-8-19)15-6-5-13(20)9-16(15)21/h5-6,9-10,12H,3-4,7-8,11,22H2,1-2H3,(H,23,26). The van der Waals surface area contributed by atoms with Crippen LogP contribution in [0.2, 0.25) is 10.0 Å². The van der Waals surface area contributed by atoms with E-state index in [-0.39, 0.29) is 17.4 Å². The van der Waals surface area contributed by atoms with Gasteiger partial charge in [0.1, 0.15) is 11.4 Å². The van der Waals surface area contributed by atoms with Gasteiger partial charge in [0.2, 0.25) is 0 Å². The average molecular weight is 395 g/mol. The molecule has 0 saturated heterocycles. The van der Waals surface area contributed by atoms with Crippen LogP contribution in [0.4, 0.5) is 5.82 Å². The number of hydrogen-bond donors (Lipinski definition) is 2. The second-order valence-electron chi connectivity index (χ2n) is 7.28. The summed E-state index contributed by atoms with van der Waals surface area (Å²) in [7, 11) is 0. The molecule has 0 atom stereocenters. The number of nitrogens with two attached hydrogens (primary N) is 1. The van der Waals surface area contributed by atoms with E-state index in [1.54, 1.807) is 10.7 Å². The van der Waals surface area contributed by atoms with Crippen LogP contribution in [0.5, 0.6) is 0 Å². The lowest BCUT2D eigenvalue weighted by atomic mass is 9.78. The predicted octanol–water partition coefficient (Wildman–Crippen LogP) is 4.59. The normalized spacial score (nSPS) is 16.2. The average Bonchev–Trinajstić information content (AvgIpc) is 3.20. The van der Waals surface area contributed by atoms with E-state index < -0.39 is 0 Å². The summed E-state index contributed by atoms with van der Waals surface area (Å²) < 4.78 is 1.65. The summed E-state index contributed by atoms with van der Waals surface area (Å²) in [5.41, 5.74) is 7.37. The zero-order valence-electron chi connectivity index (χ0n) is 15.1. The van der Waals surface area contributed by atoms with Crippen molar-refractivity contribution in [2.45, 2.75) is 51.0 Å². The molecule has 1 aromatic heterocycles. The molecular formula is C19H24Cl2N4O. The molecule has 2 aromatic rings. The number of nitrogen functional groups attached to an aromatic ring is 1. The van der Waals surface area contributed by atoms with E-state index in [2.05, 4.69) is 10.4 Å². The summed E-state index contributed by atoms with van der Waals surface area (Å²) in [6.07, 6.45) is 5.72. The third-order valence-corrected chi connectivity index (χ3v) is 5.77. The highest BCUT2D eigenvalue weighted by atomic mass is 35.5. The van der Waals surface area contributed by atoms with Crippen LogP contribution in [0.3, 0.4) is 0 Å². The number of nitrogens with one attached hydrogen (secondary N) is 1. The molecule has 1 aromatic carbocycles. The Morgan fingerprint density at radius 1 is 1.35 bits per heavy atom. The van der Waals surface area contributed by atoms with Crippen LogP contribution >= 0.6 is 23.2 Å². The van der Waals surface area contributed by atoms with Gasteiger partial charge in [0.05, 0.1) is 6.20 Å². The molecule has 0 spiro atoms. The number of amides is 1. The number of halogens is 2. The Bertz CT molecular complexity index is 810. The topological polar surface area (TPSA) is 72.9 Å². The van der Waals surface area contributed by atoms with Gasteiger partial charge in [0.15, 0.2) is 0 Å². The van der Waals surface area contributed by atoms with E-state index in [0.29, 0.717) is 28.0 Å². The molecule has 1 heterocycles. The van der Waals surface area contributed by atoms with Crippen LogP contribution in [0, 0.1) is 0 Å². The molecule has 7 heteroatoms. The molecule has 26 heavy (non-hydrogen) atoms. The first kappa shape index (κ1) is 19.1. The summed E-state index contributed by atoms with van der Waals surface area (Å²) in [6, 6.07) is 5.71.